The maximum absolute atomic E-state index is 13.1. The van der Waals surface area contributed by atoms with Crippen molar-refractivity contribution in [1.29, 1.82) is 0 Å². The molecule has 0 aliphatic heterocycles. The van der Waals surface area contributed by atoms with E-state index in [1.54, 1.807) is 49.5 Å². The summed E-state index contributed by atoms with van der Waals surface area (Å²) in [6.45, 7) is 10.1. The number of Topliss-reactive ketones (excluding diaryl/α,β-unsaturated/α-hetero) is 4. The van der Waals surface area contributed by atoms with Crippen LogP contribution in [0.15, 0.2) is 48.5 Å². The zero-order valence-electron chi connectivity index (χ0n) is 38.8. The zero-order chi connectivity index (χ0) is 49.1. The van der Waals surface area contributed by atoms with Crippen LogP contribution in [0.5, 0.6) is 0 Å². The fourth-order valence-electron chi connectivity index (χ4n) is 8.43. The van der Waals surface area contributed by atoms with E-state index >= 15 is 0 Å². The third kappa shape index (κ3) is 16.1. The summed E-state index contributed by atoms with van der Waals surface area (Å²) in [6.07, 6.45) is 4.78. The first-order chi connectivity index (χ1) is 30.6. The van der Waals surface area contributed by atoms with Gasteiger partial charge in [0, 0.05) is 61.0 Å². The van der Waals surface area contributed by atoms with Crippen molar-refractivity contribution in [3.05, 3.63) is 69.7 Å². The Morgan fingerprint density at radius 1 is 0.646 bits per heavy atom. The van der Waals surface area contributed by atoms with Crippen molar-refractivity contribution in [3.63, 3.8) is 0 Å². The van der Waals surface area contributed by atoms with Gasteiger partial charge >= 0.3 is 24.1 Å². The molecule has 17 heteroatoms. The summed E-state index contributed by atoms with van der Waals surface area (Å²) in [5.74, 6) is -2.29. The average Bonchev–Trinajstić information content (AvgIpc) is 3.23. The van der Waals surface area contributed by atoms with Gasteiger partial charge in [-0.1, -0.05) is 98.9 Å². The number of hydrogen-bond acceptors (Lipinski definition) is 11. The quantitative estimate of drug-likeness (QED) is 0.0898. The predicted octanol–water partition coefficient (Wildman–Crippen LogP) is 10.5. The van der Waals surface area contributed by atoms with E-state index in [9.17, 15) is 38.4 Å². The molecule has 4 rings (SSSR count). The number of ether oxygens (including phenoxy) is 3. The van der Waals surface area contributed by atoms with Gasteiger partial charge in [-0.15, -0.1) is 0 Å². The summed E-state index contributed by atoms with van der Waals surface area (Å²) < 4.78 is 15.2. The lowest BCUT2D eigenvalue weighted by Gasteiger charge is -2.43. The van der Waals surface area contributed by atoms with Crippen LogP contribution in [0.3, 0.4) is 0 Å². The summed E-state index contributed by atoms with van der Waals surface area (Å²) in [4.78, 5) is 98.4. The van der Waals surface area contributed by atoms with E-state index in [4.69, 9.17) is 54.1 Å². The van der Waals surface area contributed by atoms with Crippen molar-refractivity contribution in [1.82, 2.24) is 9.80 Å². The number of benzene rings is 2. The summed E-state index contributed by atoms with van der Waals surface area (Å²) >= 11 is 18.1. The Labute approximate surface area is 397 Å². The van der Waals surface area contributed by atoms with E-state index in [0.717, 1.165) is 25.7 Å². The number of alkyl halides is 1. The van der Waals surface area contributed by atoms with Gasteiger partial charge in [-0.2, -0.15) is 0 Å². The number of carbonyl (C=O) groups is 8. The molecule has 65 heavy (non-hydrogen) atoms. The SMILES string of the molecule is CC(=O)C[C@@H](CC(C)C)C(=O)O.CC(=O)C[C@@H](CC(C)C)C(=O)OCOC(=O)N(C)[C@]1(c2ccccc2Cl)CCCCC1=O.CN(C(=O)OCCl)[C@]1(c2ccccc2Cl)CCCCC1=O. The minimum Gasteiger partial charge on any atom is -0.481 e. The molecule has 4 atom stereocenters. The van der Waals surface area contributed by atoms with Crippen LogP contribution < -0.4 is 0 Å². The first kappa shape index (κ1) is 56.6. The maximum Gasteiger partial charge on any atom is 0.413 e. The van der Waals surface area contributed by atoms with E-state index in [-0.39, 0.29) is 48.0 Å². The molecule has 2 aromatic rings. The number of rotatable bonds is 17. The van der Waals surface area contributed by atoms with Crippen LogP contribution in [-0.2, 0) is 54.1 Å². The fourth-order valence-corrected chi connectivity index (χ4v) is 9.11. The number of amides is 2. The second-order valence-electron chi connectivity index (χ2n) is 17.4. The van der Waals surface area contributed by atoms with Gasteiger partial charge in [0.1, 0.15) is 22.6 Å². The third-order valence-corrected chi connectivity index (χ3v) is 12.2. The first-order valence-electron chi connectivity index (χ1n) is 21.9. The van der Waals surface area contributed by atoms with Crippen LogP contribution in [-0.4, -0.2) is 89.1 Å². The molecule has 2 aliphatic carbocycles. The molecule has 0 saturated heterocycles. The zero-order valence-corrected chi connectivity index (χ0v) is 41.1. The number of aliphatic carboxylic acids is 1. The number of ketones is 4. The molecule has 0 bridgehead atoms. The topological polar surface area (TPSA) is 191 Å². The Morgan fingerprint density at radius 3 is 1.42 bits per heavy atom. The molecular formula is C48H65Cl3N2O12. The van der Waals surface area contributed by atoms with Crippen molar-refractivity contribution in [2.45, 2.75) is 130 Å². The van der Waals surface area contributed by atoms with Gasteiger partial charge in [-0.25, -0.2) is 9.59 Å². The number of nitrogens with zero attached hydrogens (tertiary/aromatic N) is 2. The lowest BCUT2D eigenvalue weighted by atomic mass is 9.74. The predicted molar refractivity (Wildman–Crippen MR) is 247 cm³/mol. The van der Waals surface area contributed by atoms with Crippen molar-refractivity contribution >= 4 is 82.1 Å². The van der Waals surface area contributed by atoms with Gasteiger partial charge in [0.2, 0.25) is 6.79 Å². The largest absolute Gasteiger partial charge is 0.481 e. The molecule has 2 amide bonds. The van der Waals surface area contributed by atoms with Crippen molar-refractivity contribution in [2.24, 2.45) is 23.7 Å². The van der Waals surface area contributed by atoms with Gasteiger partial charge < -0.3 is 28.9 Å². The third-order valence-electron chi connectivity index (χ3n) is 11.5. The second-order valence-corrected chi connectivity index (χ2v) is 18.4. The van der Waals surface area contributed by atoms with Gasteiger partial charge in [-0.3, -0.25) is 29.0 Å². The number of carboxylic acids is 1. The molecule has 1 N–H and O–H groups in total. The average molecular weight is 968 g/mol. The van der Waals surface area contributed by atoms with Crippen LogP contribution in [0.25, 0.3) is 0 Å². The van der Waals surface area contributed by atoms with Crippen molar-refractivity contribution in [3.8, 4) is 0 Å². The highest BCUT2D eigenvalue weighted by atomic mass is 35.5. The van der Waals surface area contributed by atoms with E-state index < -0.39 is 53.8 Å². The van der Waals surface area contributed by atoms with E-state index in [1.165, 1.54) is 30.7 Å². The highest BCUT2D eigenvalue weighted by Gasteiger charge is 2.50. The second kappa shape index (κ2) is 27.2. The van der Waals surface area contributed by atoms with Gasteiger partial charge in [-0.05, 0) is 89.2 Å². The fraction of sp³-hybridized carbons (Fsp3) is 0.583. The maximum atomic E-state index is 13.1. The summed E-state index contributed by atoms with van der Waals surface area (Å²) in [5.41, 5.74) is -1.10. The van der Waals surface area contributed by atoms with E-state index in [0.29, 0.717) is 65.6 Å². The lowest BCUT2D eigenvalue weighted by Crippen LogP contribution is -2.54. The van der Waals surface area contributed by atoms with Crippen molar-refractivity contribution < 1.29 is 57.7 Å². The number of carboxylic acid groups (broad SMARTS) is 1. The molecule has 0 spiro atoms. The molecule has 14 nitrogen and oxygen atoms in total. The first-order valence-corrected chi connectivity index (χ1v) is 23.2. The minimum absolute atomic E-state index is 0.0177. The normalized spacial score (nSPS) is 19.0. The van der Waals surface area contributed by atoms with E-state index in [2.05, 4.69) is 0 Å². The molecule has 2 aromatic carbocycles. The Bertz CT molecular complexity index is 1980. The highest BCUT2D eigenvalue weighted by Crippen LogP contribution is 2.44. The van der Waals surface area contributed by atoms with Crippen molar-refractivity contribution in [2.75, 3.05) is 27.0 Å². The van der Waals surface area contributed by atoms with Crippen LogP contribution >= 0.6 is 34.8 Å². The van der Waals surface area contributed by atoms with Crippen LogP contribution in [0.1, 0.15) is 130 Å². The monoisotopic (exact) mass is 966 g/mol. The molecule has 0 aromatic heterocycles. The lowest BCUT2D eigenvalue weighted by molar-refractivity contribution is -0.160. The molecule has 0 unspecified atom stereocenters. The summed E-state index contributed by atoms with van der Waals surface area (Å²) in [6, 6.07) is 13.8. The molecule has 2 saturated carbocycles. The van der Waals surface area contributed by atoms with E-state index in [1.807, 2.05) is 33.8 Å². The number of hydrogen-bond donors (Lipinski definition) is 1. The summed E-state index contributed by atoms with van der Waals surface area (Å²) in [5, 5.41) is 9.59. The molecule has 2 aliphatic rings. The number of halogens is 3. The van der Waals surface area contributed by atoms with Gasteiger partial charge in [0.05, 0.1) is 11.8 Å². The number of carbonyl (C=O) groups excluding carboxylic acids is 7. The molecular weight excluding hydrogens is 903 g/mol. The van der Waals surface area contributed by atoms with Crippen LogP contribution in [0, 0.1) is 23.7 Å². The van der Waals surface area contributed by atoms with Crippen LogP contribution in [0.4, 0.5) is 9.59 Å². The van der Waals surface area contributed by atoms with Gasteiger partial charge in [0.25, 0.3) is 0 Å². The Hall–Kier alpha value is -4.53. The van der Waals surface area contributed by atoms with Gasteiger partial charge in [0.15, 0.2) is 17.6 Å². The Kier molecular flexibility index (Phi) is 23.7. The van der Waals surface area contributed by atoms with Crippen LogP contribution in [0.2, 0.25) is 10.0 Å². The Morgan fingerprint density at radius 2 is 1.05 bits per heavy atom. The standard InChI is InChI=1S/C24H32ClNO6.C15H17Cl2NO3.C9H16O3/c1-16(2)13-18(14-17(3)27)22(29)31-15-32-23(30)26(4)24(12-8-7-11-21(24)28)19-9-5-6-10-20(19)25;1-18(14(20)21-10-16)15(9-5-4-8-13(15)19)11-6-2-3-7-12(11)17;1-6(2)4-8(9(11)12)5-7(3)10/h5-6,9-10,16,18H,7-8,11-15H2,1-4H3;2-3,6-7H,4-5,8-10H2,1H3;6,8H,4-5H2,1-3H3,(H,11,12)/t18-,24+;15-;8-/m101/s1. The molecule has 0 heterocycles. The molecule has 360 valence electrons. The minimum atomic E-state index is -1.23. The highest BCUT2D eigenvalue weighted by molar-refractivity contribution is 6.32. The number of esters is 1. The Balaban J connectivity index is 0.000000376. The smallest absolute Gasteiger partial charge is 0.413 e. The number of likely N-dealkylation sites (N-methyl/N-ethyl adjacent to an activating group) is 2. The molecule has 0 radical (unpaired) electrons. The summed E-state index contributed by atoms with van der Waals surface area (Å²) in [7, 11) is 3.05. The molecule has 2 fully saturated rings.